The van der Waals surface area contributed by atoms with Gasteiger partial charge in [0.15, 0.2) is 0 Å². The molecule has 1 heterocycles. The largest absolute Gasteiger partial charge is 0.393 e. The van der Waals surface area contributed by atoms with Crippen LogP contribution in [0, 0.1) is 5.92 Å². The second-order valence-electron chi connectivity index (χ2n) is 5.66. The molecule has 1 unspecified atom stereocenters. The number of hydrogen-bond acceptors (Lipinski definition) is 2. The molecule has 1 saturated heterocycles. The average Bonchev–Trinajstić information content (AvgIpc) is 2.38. The van der Waals surface area contributed by atoms with E-state index in [0.29, 0.717) is 5.92 Å². The first-order valence-corrected chi connectivity index (χ1v) is 7.11. The standard InChI is InChI=1S/C15H24BNO/c1-12(18)14-7-10-17(11-8-14)9-6-13-2-4-15(16)5-3-13/h2-5,12,14,18H,6-11,16H2,1H3. The van der Waals surface area contributed by atoms with Crippen LogP contribution in [-0.2, 0) is 6.42 Å². The van der Waals surface area contributed by atoms with Gasteiger partial charge in [0, 0.05) is 6.54 Å². The SMILES string of the molecule is Bc1ccc(CCN2CCC(C(C)O)CC2)cc1. The van der Waals surface area contributed by atoms with Gasteiger partial charge in [0.2, 0.25) is 0 Å². The van der Waals surface area contributed by atoms with Crippen LogP contribution < -0.4 is 5.46 Å². The molecule has 0 amide bonds. The molecule has 1 aromatic carbocycles. The second-order valence-corrected chi connectivity index (χ2v) is 5.66. The van der Waals surface area contributed by atoms with Crippen LogP contribution in [0.15, 0.2) is 24.3 Å². The molecule has 1 N–H and O–H groups in total. The number of rotatable bonds is 4. The Kier molecular flexibility index (Phi) is 4.84. The smallest absolute Gasteiger partial charge is 0.139 e. The zero-order chi connectivity index (χ0) is 13.0. The molecule has 3 heteroatoms. The highest BCUT2D eigenvalue weighted by molar-refractivity contribution is 6.32. The molecule has 2 rings (SSSR count). The van der Waals surface area contributed by atoms with Crippen molar-refractivity contribution in [2.24, 2.45) is 5.92 Å². The fourth-order valence-corrected chi connectivity index (χ4v) is 2.70. The first kappa shape index (κ1) is 13.6. The molecule has 1 fully saturated rings. The van der Waals surface area contributed by atoms with Crippen LogP contribution in [0.4, 0.5) is 0 Å². The summed E-state index contributed by atoms with van der Waals surface area (Å²) in [6.45, 7) is 5.35. The summed E-state index contributed by atoms with van der Waals surface area (Å²) >= 11 is 0. The lowest BCUT2D eigenvalue weighted by atomic mass is 9.92. The lowest BCUT2D eigenvalue weighted by Gasteiger charge is -2.33. The third kappa shape index (κ3) is 3.86. The van der Waals surface area contributed by atoms with E-state index in [4.69, 9.17) is 0 Å². The predicted octanol–water partition coefficient (Wildman–Crippen LogP) is 0.580. The fraction of sp³-hybridized carbons (Fsp3) is 0.600. The Morgan fingerprint density at radius 1 is 1.28 bits per heavy atom. The van der Waals surface area contributed by atoms with Gasteiger partial charge in [-0.15, -0.1) is 0 Å². The topological polar surface area (TPSA) is 23.5 Å². The third-order valence-corrected chi connectivity index (χ3v) is 4.15. The summed E-state index contributed by atoms with van der Waals surface area (Å²) in [6, 6.07) is 8.85. The summed E-state index contributed by atoms with van der Waals surface area (Å²) in [6.07, 6.45) is 3.29. The van der Waals surface area contributed by atoms with Gasteiger partial charge in [-0.3, -0.25) is 0 Å². The van der Waals surface area contributed by atoms with E-state index in [9.17, 15) is 5.11 Å². The quantitative estimate of drug-likeness (QED) is 0.784. The Hall–Kier alpha value is -0.795. The summed E-state index contributed by atoms with van der Waals surface area (Å²) < 4.78 is 0. The molecule has 2 nitrogen and oxygen atoms in total. The summed E-state index contributed by atoms with van der Waals surface area (Å²) in [5.41, 5.74) is 2.76. The second kappa shape index (κ2) is 6.39. The molecule has 0 bridgehead atoms. The minimum absolute atomic E-state index is 0.135. The summed E-state index contributed by atoms with van der Waals surface area (Å²) in [5.74, 6) is 0.514. The number of hydrogen-bond donors (Lipinski definition) is 1. The number of nitrogens with zero attached hydrogens (tertiary/aromatic N) is 1. The van der Waals surface area contributed by atoms with Crippen LogP contribution in [-0.4, -0.2) is 43.6 Å². The number of likely N-dealkylation sites (tertiary alicyclic amines) is 1. The normalized spacial score (nSPS) is 19.9. The molecule has 1 aromatic rings. The van der Waals surface area contributed by atoms with Gasteiger partial charge in [0.25, 0.3) is 0 Å². The summed E-state index contributed by atoms with van der Waals surface area (Å²) in [5, 5.41) is 9.58. The molecule has 0 aliphatic carbocycles. The van der Waals surface area contributed by atoms with E-state index in [-0.39, 0.29) is 6.10 Å². The van der Waals surface area contributed by atoms with Crippen molar-refractivity contribution in [2.45, 2.75) is 32.3 Å². The first-order valence-electron chi connectivity index (χ1n) is 7.11. The van der Waals surface area contributed by atoms with Crippen molar-refractivity contribution in [3.8, 4) is 0 Å². The van der Waals surface area contributed by atoms with Crippen molar-refractivity contribution in [3.05, 3.63) is 29.8 Å². The van der Waals surface area contributed by atoms with Crippen molar-refractivity contribution in [3.63, 3.8) is 0 Å². The Balaban J connectivity index is 1.74. The van der Waals surface area contributed by atoms with E-state index in [1.54, 1.807) is 0 Å². The van der Waals surface area contributed by atoms with Crippen LogP contribution in [0.2, 0.25) is 0 Å². The Labute approximate surface area is 111 Å². The molecule has 0 radical (unpaired) electrons. The highest BCUT2D eigenvalue weighted by Gasteiger charge is 2.22. The zero-order valence-corrected chi connectivity index (χ0v) is 11.6. The molecular formula is C15H24BNO. The molecule has 0 aromatic heterocycles. The van der Waals surface area contributed by atoms with Gasteiger partial charge in [-0.25, -0.2) is 0 Å². The number of aliphatic hydroxyl groups excluding tert-OH is 1. The Morgan fingerprint density at radius 2 is 1.89 bits per heavy atom. The first-order chi connectivity index (χ1) is 8.65. The molecule has 0 saturated carbocycles. The van der Waals surface area contributed by atoms with Crippen LogP contribution in [0.1, 0.15) is 25.3 Å². The Morgan fingerprint density at radius 3 is 2.44 bits per heavy atom. The van der Waals surface area contributed by atoms with Gasteiger partial charge in [0.1, 0.15) is 7.85 Å². The average molecular weight is 245 g/mol. The Bertz CT molecular complexity index is 355. The highest BCUT2D eigenvalue weighted by atomic mass is 16.3. The van der Waals surface area contributed by atoms with E-state index >= 15 is 0 Å². The lowest BCUT2D eigenvalue weighted by molar-refractivity contribution is 0.0723. The van der Waals surface area contributed by atoms with E-state index < -0.39 is 0 Å². The van der Waals surface area contributed by atoms with Crippen molar-refractivity contribution < 1.29 is 5.11 Å². The molecule has 1 aliphatic rings. The third-order valence-electron chi connectivity index (χ3n) is 4.15. The van der Waals surface area contributed by atoms with Crippen LogP contribution in [0.5, 0.6) is 0 Å². The molecular weight excluding hydrogens is 221 g/mol. The minimum Gasteiger partial charge on any atom is -0.393 e. The molecule has 18 heavy (non-hydrogen) atoms. The maximum atomic E-state index is 9.58. The lowest BCUT2D eigenvalue weighted by Crippen LogP contribution is -2.38. The monoisotopic (exact) mass is 245 g/mol. The maximum absolute atomic E-state index is 9.58. The maximum Gasteiger partial charge on any atom is 0.139 e. The van der Waals surface area contributed by atoms with Crippen LogP contribution >= 0.6 is 0 Å². The van der Waals surface area contributed by atoms with Crippen LogP contribution in [0.25, 0.3) is 0 Å². The summed E-state index contributed by atoms with van der Waals surface area (Å²) in [7, 11) is 2.13. The van der Waals surface area contributed by atoms with Gasteiger partial charge in [-0.05, 0) is 50.8 Å². The van der Waals surface area contributed by atoms with Crippen LogP contribution in [0.3, 0.4) is 0 Å². The molecule has 1 aliphatic heterocycles. The van der Waals surface area contributed by atoms with Gasteiger partial charge < -0.3 is 10.0 Å². The van der Waals surface area contributed by atoms with E-state index in [1.165, 1.54) is 11.0 Å². The van der Waals surface area contributed by atoms with Gasteiger partial charge in [-0.1, -0.05) is 29.7 Å². The van der Waals surface area contributed by atoms with Gasteiger partial charge in [0.05, 0.1) is 6.10 Å². The van der Waals surface area contributed by atoms with Crippen molar-refractivity contribution >= 4 is 13.3 Å². The van der Waals surface area contributed by atoms with Gasteiger partial charge in [-0.2, -0.15) is 0 Å². The number of aliphatic hydroxyl groups is 1. The van der Waals surface area contributed by atoms with E-state index in [1.807, 2.05) is 6.92 Å². The number of piperidine rings is 1. The zero-order valence-electron chi connectivity index (χ0n) is 11.6. The predicted molar refractivity (Wildman–Crippen MR) is 79.2 cm³/mol. The minimum atomic E-state index is -0.135. The van der Waals surface area contributed by atoms with Crippen molar-refractivity contribution in [2.75, 3.05) is 19.6 Å². The van der Waals surface area contributed by atoms with E-state index in [2.05, 4.69) is 37.0 Å². The number of benzene rings is 1. The molecule has 1 atom stereocenters. The van der Waals surface area contributed by atoms with Crippen molar-refractivity contribution in [1.29, 1.82) is 0 Å². The fourth-order valence-electron chi connectivity index (χ4n) is 2.70. The van der Waals surface area contributed by atoms with Crippen molar-refractivity contribution in [1.82, 2.24) is 4.90 Å². The highest BCUT2D eigenvalue weighted by Crippen LogP contribution is 2.20. The molecule has 0 spiro atoms. The molecule has 98 valence electrons. The van der Waals surface area contributed by atoms with Gasteiger partial charge >= 0.3 is 0 Å². The van der Waals surface area contributed by atoms with E-state index in [0.717, 1.165) is 38.9 Å². The summed E-state index contributed by atoms with van der Waals surface area (Å²) in [4.78, 5) is 2.53.